The number of aryl methyl sites for hydroxylation is 2. The second kappa shape index (κ2) is 6.52. The molecule has 0 spiro atoms. The summed E-state index contributed by atoms with van der Waals surface area (Å²) in [6.45, 7) is 5.49. The van der Waals surface area contributed by atoms with Crippen LogP contribution in [0.1, 0.15) is 37.1 Å². The van der Waals surface area contributed by atoms with Crippen LogP contribution in [0, 0.1) is 25.7 Å². The van der Waals surface area contributed by atoms with Gasteiger partial charge in [0.05, 0.1) is 5.92 Å². The molecule has 1 saturated carbocycles. The van der Waals surface area contributed by atoms with Crippen molar-refractivity contribution in [3.8, 4) is 0 Å². The number of rotatable bonds is 4. The SMILES string of the molecule is Cc1cc(C)n(CC(=O)N2C[C@H]3CC[C@@H](C2)N(CC2CC2)C3=O)c(=O)n1. The molecule has 4 heterocycles. The van der Waals surface area contributed by atoms with Gasteiger partial charge in [-0.05, 0) is 51.5 Å². The Balaban J connectivity index is 1.51. The van der Waals surface area contributed by atoms with E-state index in [0.29, 0.717) is 24.7 Å². The Hall–Kier alpha value is -2.18. The molecule has 1 aromatic heterocycles. The van der Waals surface area contributed by atoms with Gasteiger partial charge in [-0.15, -0.1) is 0 Å². The third-order valence-electron chi connectivity index (χ3n) is 5.94. The van der Waals surface area contributed by atoms with Crippen molar-refractivity contribution in [2.75, 3.05) is 19.6 Å². The summed E-state index contributed by atoms with van der Waals surface area (Å²) in [6.07, 6.45) is 4.26. The predicted molar refractivity (Wildman–Crippen MR) is 95.5 cm³/mol. The molecule has 0 radical (unpaired) electrons. The van der Waals surface area contributed by atoms with E-state index in [9.17, 15) is 14.4 Å². The maximum atomic E-state index is 12.9. The lowest BCUT2D eigenvalue weighted by Gasteiger charge is -2.36. The molecule has 26 heavy (non-hydrogen) atoms. The first-order valence-electron chi connectivity index (χ1n) is 9.55. The Labute approximate surface area is 153 Å². The summed E-state index contributed by atoms with van der Waals surface area (Å²) in [5.74, 6) is 0.681. The van der Waals surface area contributed by atoms with Crippen LogP contribution in [0.25, 0.3) is 0 Å². The van der Waals surface area contributed by atoms with E-state index in [1.165, 1.54) is 17.4 Å². The Bertz CT molecular complexity index is 798. The number of nitrogens with zero attached hydrogens (tertiary/aromatic N) is 4. The highest BCUT2D eigenvalue weighted by molar-refractivity contribution is 5.83. The maximum absolute atomic E-state index is 12.9. The Morgan fingerprint density at radius 2 is 1.92 bits per heavy atom. The number of hydrogen-bond donors (Lipinski definition) is 0. The van der Waals surface area contributed by atoms with Crippen molar-refractivity contribution >= 4 is 11.8 Å². The van der Waals surface area contributed by atoms with Gasteiger partial charge in [-0.3, -0.25) is 14.2 Å². The minimum absolute atomic E-state index is 0.00575. The van der Waals surface area contributed by atoms with E-state index in [1.807, 2.05) is 17.9 Å². The highest BCUT2D eigenvalue weighted by atomic mass is 16.2. The number of hydrogen-bond acceptors (Lipinski definition) is 4. The van der Waals surface area contributed by atoms with Crippen molar-refractivity contribution in [3.05, 3.63) is 27.9 Å². The van der Waals surface area contributed by atoms with Crippen molar-refractivity contribution in [1.82, 2.24) is 19.4 Å². The second-order valence-electron chi connectivity index (χ2n) is 8.07. The first-order chi connectivity index (χ1) is 12.4. The molecule has 2 bridgehead atoms. The molecule has 2 amide bonds. The van der Waals surface area contributed by atoms with Crippen molar-refractivity contribution in [2.45, 2.75) is 52.1 Å². The van der Waals surface area contributed by atoms with Crippen molar-refractivity contribution in [1.29, 1.82) is 0 Å². The Morgan fingerprint density at radius 1 is 1.15 bits per heavy atom. The van der Waals surface area contributed by atoms with Crippen molar-refractivity contribution in [3.63, 3.8) is 0 Å². The Morgan fingerprint density at radius 3 is 2.62 bits per heavy atom. The number of aromatic nitrogens is 2. The second-order valence-corrected chi connectivity index (χ2v) is 8.07. The third kappa shape index (κ3) is 3.27. The van der Waals surface area contributed by atoms with Crippen LogP contribution < -0.4 is 5.69 Å². The lowest BCUT2D eigenvalue weighted by molar-refractivity contribution is -0.140. The molecular weight excluding hydrogens is 332 g/mol. The molecule has 4 aliphatic rings. The van der Waals surface area contributed by atoms with Crippen molar-refractivity contribution in [2.24, 2.45) is 11.8 Å². The standard InChI is InChI=1S/C19H26N4O3/c1-12-7-13(2)22(19(26)20-12)11-17(24)21-9-15-5-6-16(10-21)23(18(15)25)8-14-3-4-14/h7,14-16H,3-6,8-11H2,1-2H3/t15-,16+/m1/s1. The fourth-order valence-corrected chi connectivity index (χ4v) is 4.26. The quantitative estimate of drug-likeness (QED) is 0.795. The topological polar surface area (TPSA) is 75.5 Å². The molecular formula is C19H26N4O3. The fourth-order valence-electron chi connectivity index (χ4n) is 4.26. The van der Waals surface area contributed by atoms with Crippen molar-refractivity contribution < 1.29 is 9.59 Å². The molecule has 4 fully saturated rings. The van der Waals surface area contributed by atoms with Gasteiger partial charge in [0.25, 0.3) is 0 Å². The van der Waals surface area contributed by atoms with Gasteiger partial charge in [0.15, 0.2) is 0 Å². The van der Waals surface area contributed by atoms with Crippen LogP contribution in [0.15, 0.2) is 10.9 Å². The lowest BCUT2D eigenvalue weighted by Crippen LogP contribution is -2.49. The van der Waals surface area contributed by atoms with Crippen LogP contribution in [0.5, 0.6) is 0 Å². The average Bonchev–Trinajstić information content (AvgIpc) is 3.41. The average molecular weight is 358 g/mol. The molecule has 0 unspecified atom stereocenters. The van der Waals surface area contributed by atoms with Crippen LogP contribution >= 0.6 is 0 Å². The first kappa shape index (κ1) is 17.2. The fraction of sp³-hybridized carbons (Fsp3) is 0.684. The largest absolute Gasteiger partial charge is 0.348 e. The first-order valence-corrected chi connectivity index (χ1v) is 9.55. The van der Waals surface area contributed by atoms with Crippen LogP contribution in [0.2, 0.25) is 0 Å². The number of piperidine rings is 1. The van der Waals surface area contributed by atoms with E-state index in [2.05, 4.69) is 4.98 Å². The zero-order valence-electron chi connectivity index (χ0n) is 15.5. The summed E-state index contributed by atoms with van der Waals surface area (Å²) in [7, 11) is 0. The molecule has 5 rings (SSSR count). The molecule has 0 aromatic carbocycles. The van der Waals surface area contributed by atoms with E-state index >= 15 is 0 Å². The summed E-state index contributed by atoms with van der Waals surface area (Å²) >= 11 is 0. The van der Waals surface area contributed by atoms with Gasteiger partial charge in [0, 0.05) is 37.1 Å². The summed E-state index contributed by atoms with van der Waals surface area (Å²) in [4.78, 5) is 45.5. The highest BCUT2D eigenvalue weighted by Crippen LogP contribution is 2.35. The summed E-state index contributed by atoms with van der Waals surface area (Å²) in [5.41, 5.74) is 1.01. The van der Waals surface area contributed by atoms with Crippen LogP contribution in [0.3, 0.4) is 0 Å². The number of fused-ring (bicyclic) bond motifs is 4. The van der Waals surface area contributed by atoms with E-state index in [1.54, 1.807) is 11.8 Å². The zero-order chi connectivity index (χ0) is 18.4. The molecule has 7 nitrogen and oxygen atoms in total. The number of carbonyl (C=O) groups excluding carboxylic acids is 2. The monoisotopic (exact) mass is 358 g/mol. The maximum Gasteiger partial charge on any atom is 0.348 e. The molecule has 3 aliphatic heterocycles. The van der Waals surface area contributed by atoms with E-state index in [4.69, 9.17) is 0 Å². The normalized spacial score (nSPS) is 25.5. The molecule has 2 atom stereocenters. The summed E-state index contributed by atoms with van der Waals surface area (Å²) in [6, 6.07) is 1.93. The number of amides is 2. The molecule has 140 valence electrons. The minimum Gasteiger partial charge on any atom is -0.338 e. The van der Waals surface area contributed by atoms with E-state index in [0.717, 1.165) is 25.1 Å². The van der Waals surface area contributed by atoms with Gasteiger partial charge in [0.1, 0.15) is 6.54 Å². The van der Waals surface area contributed by atoms with Crippen LogP contribution in [-0.4, -0.2) is 56.8 Å². The molecule has 7 heteroatoms. The molecule has 3 saturated heterocycles. The van der Waals surface area contributed by atoms with Gasteiger partial charge < -0.3 is 9.80 Å². The van der Waals surface area contributed by atoms with Gasteiger partial charge in [-0.25, -0.2) is 4.79 Å². The number of carbonyl (C=O) groups is 2. The zero-order valence-corrected chi connectivity index (χ0v) is 15.5. The van der Waals surface area contributed by atoms with E-state index < -0.39 is 0 Å². The third-order valence-corrected chi connectivity index (χ3v) is 5.94. The Kier molecular flexibility index (Phi) is 4.32. The van der Waals surface area contributed by atoms with Crippen LogP contribution in [-0.2, 0) is 16.1 Å². The van der Waals surface area contributed by atoms with Gasteiger partial charge >= 0.3 is 5.69 Å². The molecule has 0 N–H and O–H groups in total. The van der Waals surface area contributed by atoms with Crippen LogP contribution in [0.4, 0.5) is 0 Å². The van der Waals surface area contributed by atoms with E-state index in [-0.39, 0.29) is 36.0 Å². The van der Waals surface area contributed by atoms with Gasteiger partial charge in [-0.2, -0.15) is 4.98 Å². The molecule has 1 aliphatic carbocycles. The van der Waals surface area contributed by atoms with Gasteiger partial charge in [-0.1, -0.05) is 0 Å². The highest BCUT2D eigenvalue weighted by Gasteiger charge is 2.43. The minimum atomic E-state index is -0.389. The molecule has 1 aromatic rings. The lowest BCUT2D eigenvalue weighted by atomic mass is 9.94. The smallest absolute Gasteiger partial charge is 0.338 e. The summed E-state index contributed by atoms with van der Waals surface area (Å²) < 4.78 is 1.42. The summed E-state index contributed by atoms with van der Waals surface area (Å²) in [5, 5.41) is 0. The predicted octanol–water partition coefficient (Wildman–Crippen LogP) is 0.720. The van der Waals surface area contributed by atoms with Gasteiger partial charge in [0.2, 0.25) is 11.8 Å².